The second kappa shape index (κ2) is 3.17. The van der Waals surface area contributed by atoms with E-state index in [0.29, 0.717) is 11.7 Å². The molecule has 2 nitrogen and oxygen atoms in total. The fraction of sp³-hybridized carbons (Fsp3) is 0.900. The van der Waals surface area contributed by atoms with Crippen LogP contribution in [0.25, 0.3) is 0 Å². The minimum Gasteiger partial charge on any atom is -0.311 e. The molecule has 0 amide bonds. The van der Waals surface area contributed by atoms with Gasteiger partial charge in [-0.15, -0.1) is 0 Å². The van der Waals surface area contributed by atoms with Crippen LogP contribution in [0, 0.1) is 5.92 Å². The van der Waals surface area contributed by atoms with E-state index in [1.54, 1.807) is 6.92 Å². The largest absolute Gasteiger partial charge is 0.311 e. The van der Waals surface area contributed by atoms with Gasteiger partial charge in [-0.1, -0.05) is 0 Å². The molecular weight excluding hydrogens is 150 g/mol. The average Bonchev–Trinajstić information content (AvgIpc) is 2.29. The highest BCUT2D eigenvalue weighted by Gasteiger charge is 2.33. The zero-order chi connectivity index (χ0) is 8.55. The van der Waals surface area contributed by atoms with Crippen LogP contribution in [-0.2, 0) is 4.79 Å². The number of hydrogen-bond acceptors (Lipinski definition) is 2. The van der Waals surface area contributed by atoms with Crippen molar-refractivity contribution in [2.24, 2.45) is 5.92 Å². The van der Waals surface area contributed by atoms with Gasteiger partial charge in [-0.25, -0.2) is 0 Å². The monoisotopic (exact) mass is 167 g/mol. The first-order valence-corrected chi connectivity index (χ1v) is 4.99. The Morgan fingerprint density at radius 3 is 2.42 bits per heavy atom. The van der Waals surface area contributed by atoms with E-state index in [1.807, 2.05) is 0 Å². The van der Waals surface area contributed by atoms with E-state index in [-0.39, 0.29) is 0 Å². The van der Waals surface area contributed by atoms with Crippen molar-refractivity contribution in [2.75, 3.05) is 0 Å². The number of fused-ring (bicyclic) bond motifs is 2. The van der Waals surface area contributed by atoms with Gasteiger partial charge in [0.15, 0.2) is 0 Å². The van der Waals surface area contributed by atoms with E-state index in [9.17, 15) is 4.79 Å². The molecule has 2 atom stereocenters. The number of nitrogens with one attached hydrogen (secondary N) is 1. The van der Waals surface area contributed by atoms with E-state index in [4.69, 9.17) is 0 Å². The smallest absolute Gasteiger partial charge is 0.130 e. The molecule has 2 unspecified atom stereocenters. The van der Waals surface area contributed by atoms with Gasteiger partial charge in [0.25, 0.3) is 0 Å². The van der Waals surface area contributed by atoms with Gasteiger partial charge >= 0.3 is 0 Å². The number of carbonyl (C=O) groups is 1. The zero-order valence-corrected chi connectivity index (χ0v) is 7.68. The zero-order valence-electron chi connectivity index (χ0n) is 7.68. The number of hydrogen-bond donors (Lipinski definition) is 1. The first kappa shape index (κ1) is 8.24. The maximum absolute atomic E-state index is 10.9. The summed E-state index contributed by atoms with van der Waals surface area (Å²) < 4.78 is 0. The third kappa shape index (κ3) is 1.69. The molecule has 12 heavy (non-hydrogen) atoms. The lowest BCUT2D eigenvalue weighted by Crippen LogP contribution is -2.38. The lowest BCUT2D eigenvalue weighted by Gasteiger charge is -2.28. The Labute approximate surface area is 73.7 Å². The van der Waals surface area contributed by atoms with Crippen molar-refractivity contribution >= 4 is 5.78 Å². The topological polar surface area (TPSA) is 29.1 Å². The van der Waals surface area contributed by atoms with Crippen LogP contribution >= 0.6 is 0 Å². The molecule has 2 fully saturated rings. The summed E-state index contributed by atoms with van der Waals surface area (Å²) in [5, 5.41) is 3.58. The van der Waals surface area contributed by atoms with Crippen LogP contribution in [0.1, 0.15) is 39.0 Å². The Hall–Kier alpha value is -0.370. The van der Waals surface area contributed by atoms with Gasteiger partial charge in [-0.05, 0) is 38.5 Å². The molecule has 2 heteroatoms. The van der Waals surface area contributed by atoms with Crippen LogP contribution in [0.15, 0.2) is 0 Å². The SMILES string of the molecule is CC(=O)CC1CC2CCC(C1)N2. The first-order valence-electron chi connectivity index (χ1n) is 4.99. The van der Waals surface area contributed by atoms with E-state index in [0.717, 1.165) is 18.5 Å². The lowest BCUT2D eigenvalue weighted by molar-refractivity contribution is -0.118. The summed E-state index contributed by atoms with van der Waals surface area (Å²) in [4.78, 5) is 10.9. The Bertz CT molecular complexity index is 178. The van der Waals surface area contributed by atoms with Crippen molar-refractivity contribution in [1.29, 1.82) is 0 Å². The summed E-state index contributed by atoms with van der Waals surface area (Å²) in [6.07, 6.45) is 5.94. The van der Waals surface area contributed by atoms with Gasteiger partial charge in [-0.2, -0.15) is 0 Å². The van der Waals surface area contributed by atoms with Crippen molar-refractivity contribution in [3.8, 4) is 0 Å². The highest BCUT2D eigenvalue weighted by Crippen LogP contribution is 2.32. The van der Waals surface area contributed by atoms with Crippen LogP contribution in [0.4, 0.5) is 0 Å². The molecular formula is C10H17NO. The molecule has 0 aliphatic carbocycles. The molecule has 0 spiro atoms. The molecule has 0 radical (unpaired) electrons. The number of rotatable bonds is 2. The highest BCUT2D eigenvalue weighted by molar-refractivity contribution is 5.75. The summed E-state index contributed by atoms with van der Waals surface area (Å²) in [5.41, 5.74) is 0. The number of piperidine rings is 1. The predicted octanol–water partition coefficient (Wildman–Crippen LogP) is 1.50. The van der Waals surface area contributed by atoms with Gasteiger partial charge in [-0.3, -0.25) is 0 Å². The summed E-state index contributed by atoms with van der Waals surface area (Å²) >= 11 is 0. The van der Waals surface area contributed by atoms with Gasteiger partial charge in [0, 0.05) is 18.5 Å². The Balaban J connectivity index is 1.89. The molecule has 1 N–H and O–H groups in total. The molecule has 0 aromatic rings. The number of carbonyl (C=O) groups excluding carboxylic acids is 1. The molecule has 0 aromatic carbocycles. The van der Waals surface area contributed by atoms with Crippen molar-refractivity contribution in [3.05, 3.63) is 0 Å². The van der Waals surface area contributed by atoms with E-state index >= 15 is 0 Å². The summed E-state index contributed by atoms with van der Waals surface area (Å²) in [6.45, 7) is 1.71. The Kier molecular flexibility index (Phi) is 2.18. The van der Waals surface area contributed by atoms with Gasteiger partial charge in [0.2, 0.25) is 0 Å². The van der Waals surface area contributed by atoms with Crippen LogP contribution in [0.5, 0.6) is 0 Å². The van der Waals surface area contributed by atoms with Gasteiger partial charge in [0.05, 0.1) is 0 Å². The average molecular weight is 167 g/mol. The lowest BCUT2D eigenvalue weighted by atomic mass is 9.88. The molecule has 2 heterocycles. The van der Waals surface area contributed by atoms with Crippen LogP contribution in [-0.4, -0.2) is 17.9 Å². The standard InChI is InChI=1S/C10H17NO/c1-7(12)4-8-5-9-2-3-10(6-8)11-9/h8-11H,2-6H2,1H3. The van der Waals surface area contributed by atoms with Gasteiger partial charge in [0.1, 0.15) is 5.78 Å². The number of ketones is 1. The second-order valence-corrected chi connectivity index (χ2v) is 4.38. The minimum atomic E-state index is 0.362. The third-order valence-corrected chi connectivity index (χ3v) is 3.15. The van der Waals surface area contributed by atoms with Crippen molar-refractivity contribution in [3.63, 3.8) is 0 Å². The summed E-state index contributed by atoms with van der Waals surface area (Å²) in [5.74, 6) is 1.04. The van der Waals surface area contributed by atoms with Crippen LogP contribution in [0.3, 0.4) is 0 Å². The Morgan fingerprint density at radius 1 is 1.33 bits per heavy atom. The van der Waals surface area contributed by atoms with Gasteiger partial charge < -0.3 is 10.1 Å². The molecule has 0 saturated carbocycles. The van der Waals surface area contributed by atoms with E-state index in [2.05, 4.69) is 5.32 Å². The van der Waals surface area contributed by atoms with E-state index < -0.39 is 0 Å². The highest BCUT2D eigenvalue weighted by atomic mass is 16.1. The maximum Gasteiger partial charge on any atom is 0.130 e. The Morgan fingerprint density at radius 2 is 1.92 bits per heavy atom. The molecule has 0 aromatic heterocycles. The van der Waals surface area contributed by atoms with Crippen molar-refractivity contribution in [2.45, 2.75) is 51.1 Å². The minimum absolute atomic E-state index is 0.362. The summed E-state index contributed by atoms with van der Waals surface area (Å²) in [6, 6.07) is 1.46. The first-order chi connectivity index (χ1) is 5.74. The molecule has 2 saturated heterocycles. The van der Waals surface area contributed by atoms with Crippen molar-refractivity contribution in [1.82, 2.24) is 5.32 Å². The molecule has 2 bridgehead atoms. The quantitative estimate of drug-likeness (QED) is 0.675. The predicted molar refractivity (Wildman–Crippen MR) is 48.0 cm³/mol. The van der Waals surface area contributed by atoms with Crippen molar-refractivity contribution < 1.29 is 4.79 Å². The number of Topliss-reactive ketones (excluding diaryl/α,β-unsaturated/α-hetero) is 1. The second-order valence-electron chi connectivity index (χ2n) is 4.38. The van der Waals surface area contributed by atoms with E-state index in [1.165, 1.54) is 25.7 Å². The molecule has 2 aliphatic rings. The molecule has 68 valence electrons. The fourth-order valence-electron chi connectivity index (χ4n) is 2.75. The normalized spacial score (nSPS) is 39.9. The van der Waals surface area contributed by atoms with Crippen LogP contribution < -0.4 is 5.32 Å². The third-order valence-electron chi connectivity index (χ3n) is 3.15. The van der Waals surface area contributed by atoms with Crippen LogP contribution in [0.2, 0.25) is 0 Å². The maximum atomic E-state index is 10.9. The molecule has 2 aliphatic heterocycles. The fourth-order valence-corrected chi connectivity index (χ4v) is 2.75. The summed E-state index contributed by atoms with van der Waals surface area (Å²) in [7, 11) is 0. The molecule has 2 rings (SSSR count).